The Bertz CT molecular complexity index is 364. The van der Waals surface area contributed by atoms with Gasteiger partial charge in [0.15, 0.2) is 6.04 Å². The van der Waals surface area contributed by atoms with Gasteiger partial charge in [-0.2, -0.15) is 0 Å². The normalized spacial score (nSPS) is 12.6. The van der Waals surface area contributed by atoms with Crippen LogP contribution in [0.3, 0.4) is 0 Å². The van der Waals surface area contributed by atoms with Crippen LogP contribution in [0.2, 0.25) is 0 Å². The molecule has 0 fully saturated rings. The second kappa shape index (κ2) is 22.2. The number of hydrogen-bond acceptors (Lipinski definition) is 4. The number of aliphatic hydroxyl groups excluding tert-OH is 1. The maximum Gasteiger partial charge on any atom is 1.00 e. The molecule has 0 aromatic heterocycles. The van der Waals surface area contributed by atoms with Gasteiger partial charge in [0.1, 0.15) is 0 Å². The van der Waals surface area contributed by atoms with Crippen LogP contribution in [0.4, 0.5) is 0 Å². The van der Waals surface area contributed by atoms with Gasteiger partial charge in [0.05, 0.1) is 6.61 Å². The molecule has 0 aromatic rings. The summed E-state index contributed by atoms with van der Waals surface area (Å²) in [5.74, 6) is -1.67. The molecule has 0 saturated carbocycles. The summed E-state index contributed by atoms with van der Waals surface area (Å²) >= 11 is 0. The molecule has 0 bridgehead atoms. The van der Waals surface area contributed by atoms with Crippen LogP contribution in [0.15, 0.2) is 4.99 Å². The summed E-state index contributed by atoms with van der Waals surface area (Å²) in [7, 11) is 0. The minimum atomic E-state index is -1.31. The average Bonchev–Trinajstić information content (AvgIpc) is 2.62. The van der Waals surface area contributed by atoms with Crippen LogP contribution in [0.5, 0.6) is 0 Å². The Labute approximate surface area is 188 Å². The van der Waals surface area contributed by atoms with Crippen molar-refractivity contribution in [2.45, 2.75) is 116 Å². The molecule has 6 heteroatoms. The van der Waals surface area contributed by atoms with Crippen LogP contribution in [0, 0.1) is 0 Å². The molecule has 0 aliphatic carbocycles. The van der Waals surface area contributed by atoms with Gasteiger partial charge in [-0.25, -0.2) is 4.79 Å². The Kier molecular flexibility index (Phi) is 23.9. The number of carboxylic acids is 1. The van der Waals surface area contributed by atoms with Crippen LogP contribution < -0.4 is 34.7 Å². The third kappa shape index (κ3) is 20.4. The molecule has 5 nitrogen and oxygen atoms in total. The summed E-state index contributed by atoms with van der Waals surface area (Å²) < 4.78 is 0. The van der Waals surface area contributed by atoms with Crippen LogP contribution in [-0.2, 0) is 4.79 Å². The largest absolute Gasteiger partial charge is 1.00 e. The van der Waals surface area contributed by atoms with Crippen LogP contribution in [0.25, 0.3) is 0 Å². The van der Waals surface area contributed by atoms with Gasteiger partial charge in [-0.05, 0) is 18.7 Å². The van der Waals surface area contributed by atoms with Crippen molar-refractivity contribution in [3.05, 3.63) is 0 Å². The maximum atomic E-state index is 11.5. The number of aliphatic hydroxyl groups is 1. The molecule has 27 heavy (non-hydrogen) atoms. The zero-order valence-corrected chi connectivity index (χ0v) is 19.8. The first-order chi connectivity index (χ1) is 12.6. The molecule has 1 atom stereocenters. The number of hydrogen-bond donors (Lipinski definition) is 2. The Morgan fingerprint density at radius 3 is 1.52 bits per heavy atom. The zero-order valence-electron chi connectivity index (χ0n) is 17.8. The maximum absolute atomic E-state index is 11.5. The minimum absolute atomic E-state index is 0. The zero-order chi connectivity index (χ0) is 19.5. The topological polar surface area (TPSA) is 93.0 Å². The molecular weight excluding hydrogens is 353 g/mol. The summed E-state index contributed by atoms with van der Waals surface area (Å²) in [5, 5.41) is 29.1. The van der Waals surface area contributed by atoms with Gasteiger partial charge in [-0.15, -0.1) is 0 Å². The van der Waals surface area contributed by atoms with Gasteiger partial charge >= 0.3 is 35.5 Å². The molecule has 0 rings (SSSR count). The van der Waals surface area contributed by atoms with E-state index in [1.165, 1.54) is 77.0 Å². The summed E-state index contributed by atoms with van der Waals surface area (Å²) in [6.45, 7) is 1.63. The second-order valence-corrected chi connectivity index (χ2v) is 7.26. The van der Waals surface area contributed by atoms with Gasteiger partial charge in [0.25, 0.3) is 0 Å². The first-order valence-corrected chi connectivity index (χ1v) is 10.7. The molecule has 0 aliphatic rings. The second-order valence-electron chi connectivity index (χ2n) is 7.26. The van der Waals surface area contributed by atoms with Gasteiger partial charge in [-0.1, -0.05) is 96.8 Å². The fourth-order valence-electron chi connectivity index (χ4n) is 3.06. The van der Waals surface area contributed by atoms with E-state index in [1.807, 2.05) is 0 Å². The van der Waals surface area contributed by atoms with Gasteiger partial charge < -0.3 is 15.3 Å². The molecule has 0 heterocycles. The monoisotopic (exact) mass is 393 g/mol. The number of nitrogens with zero attached hydrogens (tertiary/aromatic N) is 1. The summed E-state index contributed by atoms with van der Waals surface area (Å²) in [4.78, 5) is 14.2. The Hall–Kier alpha value is -0.100. The first kappa shape index (κ1) is 29.1. The van der Waals surface area contributed by atoms with E-state index in [1.54, 1.807) is 0 Å². The Morgan fingerprint density at radius 2 is 1.19 bits per heavy atom. The Morgan fingerprint density at radius 1 is 0.815 bits per heavy atom. The number of rotatable bonds is 19. The minimum Gasteiger partial charge on any atom is -0.862 e. The van der Waals surface area contributed by atoms with E-state index in [-0.39, 0.29) is 36.0 Å². The summed E-state index contributed by atoms with van der Waals surface area (Å²) in [6.07, 6.45) is 19.3. The van der Waals surface area contributed by atoms with Crippen molar-refractivity contribution in [1.82, 2.24) is 0 Å². The number of carboxylic acid groups (broad SMARTS) is 1. The predicted octanol–water partition coefficient (Wildman–Crippen LogP) is 1.46. The standard InChI is InChI=1S/C21H41NO4.Na/c1-2-3-4-5-6-7-8-9-10-11-12-13-14-15-16-17-20(24)22-19(18-23)21(25)26;/h19,23H,2-18H2,1H3,(H,22,24)(H,25,26);/q;+1/p-1/t19-;/m0./s1. The van der Waals surface area contributed by atoms with E-state index >= 15 is 0 Å². The SMILES string of the molecule is CCCCCCCCCCCCCCCCCC([O-])=N[C@@H](CO)C(=O)O.[Na+]. The molecule has 0 spiro atoms. The molecule has 0 radical (unpaired) electrons. The van der Waals surface area contributed by atoms with Crippen molar-refractivity contribution < 1.29 is 49.7 Å². The van der Waals surface area contributed by atoms with E-state index in [9.17, 15) is 9.90 Å². The van der Waals surface area contributed by atoms with E-state index < -0.39 is 24.5 Å². The molecular formula is C21H40NNaO4. The van der Waals surface area contributed by atoms with E-state index in [2.05, 4.69) is 11.9 Å². The van der Waals surface area contributed by atoms with Gasteiger partial charge in [0, 0.05) is 0 Å². The van der Waals surface area contributed by atoms with Crippen LogP contribution >= 0.6 is 0 Å². The quantitative estimate of drug-likeness (QED) is 0.150. The molecule has 0 amide bonds. The van der Waals surface area contributed by atoms with Crippen LogP contribution in [0.1, 0.15) is 110 Å². The molecule has 2 N–H and O–H groups in total. The van der Waals surface area contributed by atoms with Crippen molar-refractivity contribution in [2.75, 3.05) is 6.61 Å². The summed E-state index contributed by atoms with van der Waals surface area (Å²) in [6, 6.07) is -1.31. The van der Waals surface area contributed by atoms with Gasteiger partial charge in [0.2, 0.25) is 0 Å². The molecule has 0 aliphatic heterocycles. The van der Waals surface area contributed by atoms with E-state index in [0.29, 0.717) is 0 Å². The number of aliphatic carboxylic acids is 1. The fourth-order valence-corrected chi connectivity index (χ4v) is 3.06. The van der Waals surface area contributed by atoms with Gasteiger partial charge in [-0.3, -0.25) is 4.99 Å². The molecule has 154 valence electrons. The van der Waals surface area contributed by atoms with Crippen molar-refractivity contribution in [1.29, 1.82) is 0 Å². The summed E-state index contributed by atoms with van der Waals surface area (Å²) in [5.41, 5.74) is 0. The molecule has 0 aromatic carbocycles. The van der Waals surface area contributed by atoms with Crippen molar-refractivity contribution in [2.24, 2.45) is 4.99 Å². The predicted molar refractivity (Wildman–Crippen MR) is 105 cm³/mol. The first-order valence-electron chi connectivity index (χ1n) is 10.7. The van der Waals surface area contributed by atoms with Crippen molar-refractivity contribution in [3.8, 4) is 0 Å². The fraction of sp³-hybridized carbons (Fsp3) is 0.905. The Balaban J connectivity index is 0. The third-order valence-corrected chi connectivity index (χ3v) is 4.75. The third-order valence-electron chi connectivity index (χ3n) is 4.75. The smallest absolute Gasteiger partial charge is 0.862 e. The number of aliphatic imine (C=N–C) groups is 1. The molecule has 0 unspecified atom stereocenters. The van der Waals surface area contributed by atoms with Crippen molar-refractivity contribution in [3.63, 3.8) is 0 Å². The average molecular weight is 394 g/mol. The van der Waals surface area contributed by atoms with E-state index in [0.717, 1.165) is 19.3 Å². The van der Waals surface area contributed by atoms with E-state index in [4.69, 9.17) is 10.2 Å². The van der Waals surface area contributed by atoms with Crippen LogP contribution in [-0.4, -0.2) is 34.7 Å². The number of unbranched alkanes of at least 4 members (excludes halogenated alkanes) is 14. The number of carbonyl (C=O) groups is 1. The van der Waals surface area contributed by atoms with Crippen molar-refractivity contribution >= 4 is 11.9 Å². The molecule has 0 saturated heterocycles.